The molecule has 0 aliphatic carbocycles. The zero-order valence-corrected chi connectivity index (χ0v) is 13.5. The first-order chi connectivity index (χ1) is 8.78. The van der Waals surface area contributed by atoms with Crippen LogP contribution in [0.1, 0.15) is 31.9 Å². The van der Waals surface area contributed by atoms with Gasteiger partial charge in [0.2, 0.25) is 0 Å². The summed E-state index contributed by atoms with van der Waals surface area (Å²) in [5, 5.41) is 0. The highest BCUT2D eigenvalue weighted by Gasteiger charge is 2.25. The lowest BCUT2D eigenvalue weighted by molar-refractivity contribution is -0.149. The van der Waals surface area contributed by atoms with E-state index in [4.69, 9.17) is 9.16 Å². The molecule has 0 radical (unpaired) electrons. The molecule has 0 amide bonds. The van der Waals surface area contributed by atoms with Gasteiger partial charge in [-0.3, -0.25) is 4.79 Å². The third-order valence-electron chi connectivity index (χ3n) is 2.39. The van der Waals surface area contributed by atoms with Gasteiger partial charge in [0, 0.05) is 0 Å². The molecule has 3 nitrogen and oxygen atoms in total. The molecule has 1 aromatic rings. The summed E-state index contributed by atoms with van der Waals surface area (Å²) in [6.07, 6.45) is -0.0261. The van der Waals surface area contributed by atoms with Crippen LogP contribution < -0.4 is 0 Å². The van der Waals surface area contributed by atoms with Crippen LogP contribution in [0.2, 0.25) is 19.6 Å². The second-order valence-electron chi connectivity index (χ2n) is 5.87. The molecule has 4 heteroatoms. The van der Waals surface area contributed by atoms with Gasteiger partial charge < -0.3 is 9.16 Å². The fourth-order valence-corrected chi connectivity index (χ4v) is 2.86. The highest BCUT2D eigenvalue weighted by molar-refractivity contribution is 6.69. The van der Waals surface area contributed by atoms with Crippen LogP contribution in [-0.2, 0) is 14.0 Å². The van der Waals surface area contributed by atoms with Crippen molar-refractivity contribution in [2.24, 2.45) is 0 Å². The normalized spacial score (nSPS) is 13.4. The summed E-state index contributed by atoms with van der Waals surface area (Å²) in [6.45, 7) is 10.1. The number of hydrogen-bond donors (Lipinski definition) is 0. The van der Waals surface area contributed by atoms with E-state index in [1.54, 1.807) is 0 Å². The molecule has 0 N–H and O–H groups in total. The van der Waals surface area contributed by atoms with Gasteiger partial charge in [-0.25, -0.2) is 0 Å². The maximum Gasteiger partial charge on any atom is 0.308 e. The Morgan fingerprint density at radius 2 is 1.74 bits per heavy atom. The molecule has 0 fully saturated rings. The molecule has 0 saturated carbocycles. The van der Waals surface area contributed by atoms with Crippen LogP contribution in [-0.4, -0.2) is 20.4 Å². The summed E-state index contributed by atoms with van der Waals surface area (Å²) in [4.78, 5) is 11.8. The van der Waals surface area contributed by atoms with Crippen LogP contribution in [0.25, 0.3) is 0 Å². The van der Waals surface area contributed by atoms with Gasteiger partial charge in [0.1, 0.15) is 0 Å². The molecule has 0 heterocycles. The van der Waals surface area contributed by atoms with E-state index in [9.17, 15) is 4.79 Å². The zero-order chi connectivity index (χ0) is 14.5. The van der Waals surface area contributed by atoms with E-state index in [-0.39, 0.29) is 24.6 Å². The van der Waals surface area contributed by atoms with E-state index in [0.717, 1.165) is 5.56 Å². The molecule has 106 valence electrons. The van der Waals surface area contributed by atoms with Crippen molar-refractivity contribution in [1.29, 1.82) is 0 Å². The molecule has 1 aromatic carbocycles. The van der Waals surface area contributed by atoms with Crippen molar-refractivity contribution in [2.45, 2.75) is 52.1 Å². The Kier molecular flexibility index (Phi) is 5.75. The van der Waals surface area contributed by atoms with E-state index < -0.39 is 8.32 Å². The molecule has 0 bridgehead atoms. The average Bonchev–Trinajstić information content (AvgIpc) is 2.26. The summed E-state index contributed by atoms with van der Waals surface area (Å²) in [5.41, 5.74) is 1.03. The van der Waals surface area contributed by atoms with Crippen molar-refractivity contribution in [3.05, 3.63) is 35.9 Å². The topological polar surface area (TPSA) is 35.5 Å². The Morgan fingerprint density at radius 1 is 1.16 bits per heavy atom. The Morgan fingerprint density at radius 3 is 2.21 bits per heavy atom. The highest BCUT2D eigenvalue weighted by Crippen LogP contribution is 2.26. The van der Waals surface area contributed by atoms with E-state index in [2.05, 4.69) is 19.6 Å². The van der Waals surface area contributed by atoms with Crippen LogP contribution in [0.5, 0.6) is 0 Å². The second kappa shape index (κ2) is 6.87. The number of carbonyl (C=O) groups excluding carboxylic acids is 1. The SMILES string of the molecule is CC(C)OC(=O)C[C@@H](O[Si](C)(C)C)c1ccccc1. The van der Waals surface area contributed by atoms with E-state index in [1.165, 1.54) is 0 Å². The first kappa shape index (κ1) is 15.9. The van der Waals surface area contributed by atoms with Crippen LogP contribution in [0, 0.1) is 0 Å². The number of benzene rings is 1. The van der Waals surface area contributed by atoms with Crippen molar-refractivity contribution < 1.29 is 14.0 Å². The standard InChI is InChI=1S/C15H24O3Si/c1-12(2)17-15(16)11-14(18-19(3,4)5)13-9-7-6-8-10-13/h6-10,12,14H,11H2,1-5H3/t14-/m1/s1. The predicted octanol–water partition coefficient (Wildman–Crippen LogP) is 3.92. The molecule has 0 saturated heterocycles. The van der Waals surface area contributed by atoms with Gasteiger partial charge in [0.15, 0.2) is 8.32 Å². The van der Waals surface area contributed by atoms with Gasteiger partial charge >= 0.3 is 5.97 Å². The lowest BCUT2D eigenvalue weighted by Gasteiger charge is -2.26. The third-order valence-corrected chi connectivity index (χ3v) is 3.38. The number of rotatable bonds is 6. The lowest BCUT2D eigenvalue weighted by Crippen LogP contribution is -2.29. The Balaban J connectivity index is 2.79. The largest absolute Gasteiger partial charge is 0.463 e. The van der Waals surface area contributed by atoms with Crippen LogP contribution in [0.15, 0.2) is 30.3 Å². The van der Waals surface area contributed by atoms with Gasteiger partial charge in [-0.1, -0.05) is 30.3 Å². The molecule has 0 aliphatic heterocycles. The van der Waals surface area contributed by atoms with Crippen LogP contribution in [0.3, 0.4) is 0 Å². The lowest BCUT2D eigenvalue weighted by atomic mass is 10.1. The molecular weight excluding hydrogens is 256 g/mol. The van der Waals surface area contributed by atoms with Crippen LogP contribution in [0.4, 0.5) is 0 Å². The number of carbonyl (C=O) groups is 1. The van der Waals surface area contributed by atoms with E-state index >= 15 is 0 Å². The summed E-state index contributed by atoms with van der Waals surface area (Å²) >= 11 is 0. The number of hydrogen-bond acceptors (Lipinski definition) is 3. The monoisotopic (exact) mass is 280 g/mol. The minimum Gasteiger partial charge on any atom is -0.463 e. The van der Waals surface area contributed by atoms with Crippen molar-refractivity contribution in [2.75, 3.05) is 0 Å². The summed E-state index contributed by atoms with van der Waals surface area (Å²) in [6, 6.07) is 9.87. The minimum absolute atomic E-state index is 0.0872. The van der Waals surface area contributed by atoms with E-state index in [0.29, 0.717) is 0 Å². The summed E-state index contributed by atoms with van der Waals surface area (Å²) < 4.78 is 11.3. The van der Waals surface area contributed by atoms with Crippen molar-refractivity contribution in [1.82, 2.24) is 0 Å². The Labute approximate surface area is 117 Å². The molecular formula is C15H24O3Si. The zero-order valence-electron chi connectivity index (χ0n) is 12.5. The van der Waals surface area contributed by atoms with Crippen molar-refractivity contribution >= 4 is 14.3 Å². The smallest absolute Gasteiger partial charge is 0.308 e. The van der Waals surface area contributed by atoms with Gasteiger partial charge in [0.05, 0.1) is 18.6 Å². The third kappa shape index (κ3) is 6.54. The molecule has 0 aliphatic rings. The molecule has 0 aromatic heterocycles. The first-order valence-corrected chi connectivity index (χ1v) is 10.1. The average molecular weight is 280 g/mol. The Hall–Kier alpha value is -1.13. The maximum absolute atomic E-state index is 11.8. The van der Waals surface area contributed by atoms with E-state index in [1.807, 2.05) is 44.2 Å². The quantitative estimate of drug-likeness (QED) is 0.585. The summed E-state index contributed by atoms with van der Waals surface area (Å²) in [5.74, 6) is -0.206. The molecule has 0 spiro atoms. The molecule has 1 rings (SSSR count). The second-order valence-corrected chi connectivity index (χ2v) is 10.3. The minimum atomic E-state index is -1.72. The number of esters is 1. The van der Waals surface area contributed by atoms with Crippen molar-refractivity contribution in [3.8, 4) is 0 Å². The molecule has 19 heavy (non-hydrogen) atoms. The number of ether oxygens (including phenoxy) is 1. The van der Waals surface area contributed by atoms with Crippen molar-refractivity contribution in [3.63, 3.8) is 0 Å². The highest BCUT2D eigenvalue weighted by atomic mass is 28.4. The maximum atomic E-state index is 11.8. The predicted molar refractivity (Wildman–Crippen MR) is 79.5 cm³/mol. The van der Waals surface area contributed by atoms with Gasteiger partial charge in [-0.15, -0.1) is 0 Å². The Bertz CT molecular complexity index is 396. The van der Waals surface area contributed by atoms with Gasteiger partial charge in [-0.05, 0) is 39.1 Å². The van der Waals surface area contributed by atoms with Gasteiger partial charge in [-0.2, -0.15) is 0 Å². The first-order valence-electron chi connectivity index (χ1n) is 6.70. The van der Waals surface area contributed by atoms with Crippen LogP contribution >= 0.6 is 0 Å². The fourth-order valence-electron chi connectivity index (χ4n) is 1.78. The molecule has 0 unspecified atom stereocenters. The molecule has 1 atom stereocenters. The van der Waals surface area contributed by atoms with Gasteiger partial charge in [0.25, 0.3) is 0 Å². The summed E-state index contributed by atoms with van der Waals surface area (Å²) in [7, 11) is -1.72. The fraction of sp³-hybridized carbons (Fsp3) is 0.533.